The van der Waals surface area contributed by atoms with Crippen molar-refractivity contribution in [2.45, 2.75) is 6.18 Å². The van der Waals surface area contributed by atoms with Crippen molar-refractivity contribution < 1.29 is 17.4 Å². The van der Waals surface area contributed by atoms with E-state index in [4.69, 9.17) is 11.6 Å². The molecular weight excluding hydrogens is 277 g/mol. The lowest BCUT2D eigenvalue weighted by Gasteiger charge is -2.10. The van der Waals surface area contributed by atoms with Crippen LogP contribution in [-0.2, 0) is 17.0 Å². The summed E-state index contributed by atoms with van der Waals surface area (Å²) in [6, 6.07) is 0.805. The third kappa shape index (κ3) is 4.51. The van der Waals surface area contributed by atoms with Gasteiger partial charge in [-0.2, -0.15) is 13.2 Å². The van der Waals surface area contributed by atoms with E-state index in [0.29, 0.717) is 18.5 Å². The van der Waals surface area contributed by atoms with Gasteiger partial charge in [-0.05, 0) is 6.07 Å². The Morgan fingerprint density at radius 1 is 1.53 bits per heavy atom. The summed E-state index contributed by atoms with van der Waals surface area (Å²) >= 11 is 5.65. The van der Waals surface area contributed by atoms with Crippen LogP contribution in [0.15, 0.2) is 12.3 Å². The van der Waals surface area contributed by atoms with Crippen molar-refractivity contribution >= 4 is 28.2 Å². The summed E-state index contributed by atoms with van der Waals surface area (Å²) in [5.74, 6) is 0.532. The lowest BCUT2D eigenvalue weighted by molar-refractivity contribution is -0.137. The highest BCUT2D eigenvalue weighted by Gasteiger charge is 2.31. The van der Waals surface area contributed by atoms with Crippen LogP contribution >= 0.6 is 11.6 Å². The van der Waals surface area contributed by atoms with E-state index in [1.807, 2.05) is 0 Å². The van der Waals surface area contributed by atoms with E-state index in [2.05, 4.69) is 10.3 Å². The van der Waals surface area contributed by atoms with Crippen molar-refractivity contribution in [1.29, 1.82) is 0 Å². The van der Waals surface area contributed by atoms with Gasteiger partial charge in [-0.1, -0.05) is 11.6 Å². The van der Waals surface area contributed by atoms with Crippen LogP contribution < -0.4 is 5.32 Å². The van der Waals surface area contributed by atoms with Crippen molar-refractivity contribution in [3.05, 3.63) is 22.8 Å². The summed E-state index contributed by atoms with van der Waals surface area (Å²) in [6.07, 6.45) is -2.22. The van der Waals surface area contributed by atoms with Crippen LogP contribution in [-0.4, -0.2) is 27.7 Å². The van der Waals surface area contributed by atoms with Crippen molar-refractivity contribution in [2.75, 3.05) is 23.9 Å². The molecule has 1 aromatic heterocycles. The van der Waals surface area contributed by atoms with Crippen LogP contribution in [0.1, 0.15) is 5.56 Å². The second-order valence-electron chi connectivity index (χ2n) is 3.26. The van der Waals surface area contributed by atoms with Gasteiger partial charge in [-0.15, -0.1) is 0 Å². The van der Waals surface area contributed by atoms with Crippen LogP contribution in [0.3, 0.4) is 0 Å². The largest absolute Gasteiger partial charge is 0.417 e. The first-order chi connectivity index (χ1) is 7.80. The normalized spacial score (nSPS) is 13.5. The zero-order valence-corrected chi connectivity index (χ0v) is 10.4. The molecule has 1 rings (SSSR count). The van der Waals surface area contributed by atoms with Crippen LogP contribution in [0.4, 0.5) is 19.0 Å². The van der Waals surface area contributed by atoms with Gasteiger partial charge < -0.3 is 5.32 Å². The summed E-state index contributed by atoms with van der Waals surface area (Å²) in [5.41, 5.74) is -0.896. The molecule has 3 nitrogen and oxygen atoms in total. The van der Waals surface area contributed by atoms with E-state index in [9.17, 15) is 17.4 Å². The molecule has 96 valence electrons. The molecule has 1 unspecified atom stereocenters. The van der Waals surface area contributed by atoms with Crippen LogP contribution in [0, 0.1) is 0 Å². The first-order valence-electron chi connectivity index (χ1n) is 4.57. The summed E-state index contributed by atoms with van der Waals surface area (Å²) in [6.45, 7) is 0.335. The smallest absolute Gasteiger partial charge is 0.368 e. The second kappa shape index (κ2) is 5.68. The predicted molar refractivity (Wildman–Crippen MR) is 61.7 cm³/mol. The molecule has 1 atom stereocenters. The van der Waals surface area contributed by atoms with Gasteiger partial charge in [0, 0.05) is 35.5 Å². The first-order valence-corrected chi connectivity index (χ1v) is 6.68. The van der Waals surface area contributed by atoms with Crippen molar-refractivity contribution in [3.63, 3.8) is 0 Å². The van der Waals surface area contributed by atoms with Gasteiger partial charge in [-0.3, -0.25) is 4.21 Å². The summed E-state index contributed by atoms with van der Waals surface area (Å²) in [5, 5.41) is 2.61. The van der Waals surface area contributed by atoms with Gasteiger partial charge in [0.25, 0.3) is 0 Å². The number of rotatable bonds is 4. The average molecular weight is 287 g/mol. The lowest BCUT2D eigenvalue weighted by Crippen LogP contribution is -2.12. The molecule has 0 aliphatic heterocycles. The Morgan fingerprint density at radius 3 is 2.65 bits per heavy atom. The molecule has 0 aromatic carbocycles. The third-order valence-electron chi connectivity index (χ3n) is 1.85. The van der Waals surface area contributed by atoms with Crippen LogP contribution in [0.5, 0.6) is 0 Å². The molecule has 0 aliphatic carbocycles. The molecular formula is C9H10ClF3N2OS. The number of hydrogen-bond acceptors (Lipinski definition) is 3. The molecule has 0 fully saturated rings. The topological polar surface area (TPSA) is 42.0 Å². The Labute approximate surface area is 104 Å². The van der Waals surface area contributed by atoms with E-state index >= 15 is 0 Å². The highest BCUT2D eigenvalue weighted by molar-refractivity contribution is 7.84. The lowest BCUT2D eigenvalue weighted by atomic mass is 10.3. The zero-order chi connectivity index (χ0) is 13.1. The second-order valence-corrected chi connectivity index (χ2v) is 5.22. The number of nitrogens with one attached hydrogen (secondary N) is 1. The molecule has 1 N–H and O–H groups in total. The standard InChI is InChI=1S/C9H10ClF3N2OS/c1-17(16)3-2-14-8-7(10)4-6(5-15-8)9(11,12)13/h4-5H,2-3H2,1H3,(H,14,15). The molecule has 1 heterocycles. The van der Waals surface area contributed by atoms with Crippen molar-refractivity contribution in [2.24, 2.45) is 0 Å². The number of anilines is 1. The predicted octanol–water partition coefficient (Wildman–Crippen LogP) is 2.54. The maximum absolute atomic E-state index is 12.3. The van der Waals surface area contributed by atoms with E-state index in [1.54, 1.807) is 0 Å². The fourth-order valence-electron chi connectivity index (χ4n) is 1.04. The Balaban J connectivity index is 2.73. The maximum atomic E-state index is 12.3. The van der Waals surface area contributed by atoms with E-state index in [0.717, 1.165) is 6.07 Å². The van der Waals surface area contributed by atoms with Gasteiger partial charge >= 0.3 is 6.18 Å². The maximum Gasteiger partial charge on any atom is 0.417 e. The minimum atomic E-state index is -4.46. The molecule has 17 heavy (non-hydrogen) atoms. The molecule has 0 saturated carbocycles. The van der Waals surface area contributed by atoms with Gasteiger partial charge in [0.2, 0.25) is 0 Å². The third-order valence-corrected chi connectivity index (χ3v) is 2.92. The highest BCUT2D eigenvalue weighted by Crippen LogP contribution is 2.32. The molecule has 1 aromatic rings. The van der Waals surface area contributed by atoms with Gasteiger partial charge in [0.15, 0.2) is 0 Å². The van der Waals surface area contributed by atoms with E-state index < -0.39 is 22.5 Å². The minimum absolute atomic E-state index is 0.110. The summed E-state index contributed by atoms with van der Waals surface area (Å²) < 4.78 is 47.7. The fourth-order valence-corrected chi connectivity index (χ4v) is 1.66. The summed E-state index contributed by atoms with van der Waals surface area (Å²) in [4.78, 5) is 3.58. The number of halogens is 4. The minimum Gasteiger partial charge on any atom is -0.368 e. The Bertz CT molecular complexity index is 425. The Hall–Kier alpha value is -0.820. The monoisotopic (exact) mass is 286 g/mol. The molecule has 0 aliphatic rings. The highest BCUT2D eigenvalue weighted by atomic mass is 35.5. The molecule has 0 amide bonds. The molecule has 8 heteroatoms. The van der Waals surface area contributed by atoms with Crippen molar-refractivity contribution in [1.82, 2.24) is 4.98 Å². The first kappa shape index (κ1) is 14.2. The zero-order valence-electron chi connectivity index (χ0n) is 8.84. The number of pyridine rings is 1. The molecule has 0 saturated heterocycles. The molecule has 0 radical (unpaired) electrons. The van der Waals surface area contributed by atoms with E-state index in [1.165, 1.54) is 6.26 Å². The number of hydrogen-bond donors (Lipinski definition) is 1. The number of nitrogens with zero attached hydrogens (tertiary/aromatic N) is 1. The quantitative estimate of drug-likeness (QED) is 0.925. The Morgan fingerprint density at radius 2 is 2.18 bits per heavy atom. The molecule has 0 bridgehead atoms. The Kier molecular flexibility index (Phi) is 4.76. The van der Waals surface area contributed by atoms with Crippen LogP contribution in [0.25, 0.3) is 0 Å². The van der Waals surface area contributed by atoms with Gasteiger partial charge in [-0.25, -0.2) is 4.98 Å². The average Bonchev–Trinajstić information content (AvgIpc) is 2.18. The van der Waals surface area contributed by atoms with Crippen LogP contribution in [0.2, 0.25) is 5.02 Å². The van der Waals surface area contributed by atoms with Gasteiger partial charge in [0.05, 0.1) is 10.6 Å². The SMILES string of the molecule is CS(=O)CCNc1ncc(C(F)(F)F)cc1Cl. The fraction of sp³-hybridized carbons (Fsp3) is 0.444. The molecule has 0 spiro atoms. The van der Waals surface area contributed by atoms with E-state index in [-0.39, 0.29) is 10.8 Å². The number of aromatic nitrogens is 1. The number of alkyl halides is 3. The summed E-state index contributed by atoms with van der Waals surface area (Å²) in [7, 11) is -0.978. The van der Waals surface area contributed by atoms with Gasteiger partial charge in [0.1, 0.15) is 5.82 Å². The van der Waals surface area contributed by atoms with Crippen molar-refractivity contribution in [3.8, 4) is 0 Å².